The monoisotopic (exact) mass is 438 g/mol. The summed E-state index contributed by atoms with van der Waals surface area (Å²) in [5, 5.41) is 11.1. The molecule has 0 spiro atoms. The molecule has 0 radical (unpaired) electrons. The third kappa shape index (κ3) is 4.09. The second kappa shape index (κ2) is 7.15. The summed E-state index contributed by atoms with van der Waals surface area (Å²) in [5.41, 5.74) is 4.60. The molecule has 0 fully saturated rings. The van der Waals surface area contributed by atoms with Gasteiger partial charge >= 0.3 is 12.4 Å². The molecule has 31 heavy (non-hydrogen) atoms. The molecule has 0 saturated heterocycles. The first-order valence-electron chi connectivity index (χ1n) is 8.66. The maximum absolute atomic E-state index is 13.2. The van der Waals surface area contributed by atoms with Crippen LogP contribution in [0.3, 0.4) is 0 Å². The summed E-state index contributed by atoms with van der Waals surface area (Å²) in [7, 11) is 0. The second-order valence-electron chi connectivity index (χ2n) is 6.51. The summed E-state index contributed by atoms with van der Waals surface area (Å²) in [6.45, 7) is 0. The number of halogens is 6. The van der Waals surface area contributed by atoms with E-state index in [1.54, 1.807) is 30.5 Å². The average molecular weight is 438 g/mol. The zero-order valence-corrected chi connectivity index (χ0v) is 15.4. The number of rotatable bonds is 3. The van der Waals surface area contributed by atoms with Gasteiger partial charge in [-0.3, -0.25) is 0 Å². The van der Waals surface area contributed by atoms with Crippen LogP contribution in [0.1, 0.15) is 11.4 Å². The molecule has 2 aromatic carbocycles. The van der Waals surface area contributed by atoms with Crippen molar-refractivity contribution in [3.63, 3.8) is 0 Å². The molecule has 0 amide bonds. The van der Waals surface area contributed by atoms with Crippen molar-refractivity contribution in [2.45, 2.75) is 12.4 Å². The molecule has 2 aromatic heterocycles. The van der Waals surface area contributed by atoms with E-state index in [2.05, 4.69) is 15.4 Å². The highest BCUT2D eigenvalue weighted by molar-refractivity contribution is 5.61. The van der Waals surface area contributed by atoms with Crippen LogP contribution in [0.5, 0.6) is 0 Å². The Kier molecular flexibility index (Phi) is 4.71. The Hall–Kier alpha value is -3.83. The van der Waals surface area contributed by atoms with Crippen LogP contribution < -0.4 is 5.73 Å². The first-order valence-corrected chi connectivity index (χ1v) is 8.66. The lowest BCUT2D eigenvalue weighted by atomic mass is 10.1. The highest BCUT2D eigenvalue weighted by atomic mass is 19.4. The van der Waals surface area contributed by atoms with E-state index in [1.807, 2.05) is 0 Å². The van der Waals surface area contributed by atoms with Gasteiger partial charge in [-0.1, -0.05) is 17.3 Å². The molecule has 0 aliphatic rings. The van der Waals surface area contributed by atoms with Crippen LogP contribution in [0.2, 0.25) is 0 Å². The minimum absolute atomic E-state index is 0.0236. The van der Waals surface area contributed by atoms with Gasteiger partial charge in [0.1, 0.15) is 11.4 Å². The van der Waals surface area contributed by atoms with Crippen LogP contribution >= 0.6 is 0 Å². The molecule has 4 aromatic rings. The molecular weight excluding hydrogens is 426 g/mol. The van der Waals surface area contributed by atoms with Crippen molar-refractivity contribution in [1.82, 2.24) is 24.8 Å². The van der Waals surface area contributed by atoms with Crippen molar-refractivity contribution in [3.05, 3.63) is 72.2 Å². The Morgan fingerprint density at radius 1 is 0.774 bits per heavy atom. The number of aromatic nitrogens is 5. The number of benzene rings is 2. The lowest BCUT2D eigenvalue weighted by molar-refractivity contribution is -0.143. The molecule has 6 nitrogen and oxygen atoms in total. The van der Waals surface area contributed by atoms with Gasteiger partial charge < -0.3 is 5.73 Å². The zero-order valence-electron chi connectivity index (χ0n) is 15.4. The fraction of sp³-hybridized carbons (Fsp3) is 0.105. The number of anilines is 1. The van der Waals surface area contributed by atoms with Gasteiger partial charge in [0.2, 0.25) is 0 Å². The van der Waals surface area contributed by atoms with Gasteiger partial charge in [0.25, 0.3) is 0 Å². The topological polar surface area (TPSA) is 74.5 Å². The summed E-state index contributed by atoms with van der Waals surface area (Å²) < 4.78 is 79.8. The van der Waals surface area contributed by atoms with Crippen molar-refractivity contribution in [1.29, 1.82) is 0 Å². The predicted octanol–water partition coefficient (Wildman–Crippen LogP) is 4.74. The highest BCUT2D eigenvalue weighted by Gasteiger charge is 2.42. The SMILES string of the molecule is Nc1ccc(-c2cn(-c3ccc(-n4nc(C(F)(F)F)cc4C(F)(F)F)cc3)nn2)cc1. The molecule has 160 valence electrons. The van der Waals surface area contributed by atoms with E-state index < -0.39 is 23.7 Å². The van der Waals surface area contributed by atoms with Crippen LogP contribution in [-0.2, 0) is 12.4 Å². The lowest BCUT2D eigenvalue weighted by Gasteiger charge is -2.10. The fourth-order valence-electron chi connectivity index (χ4n) is 2.84. The summed E-state index contributed by atoms with van der Waals surface area (Å²) in [6, 6.07) is 12.1. The lowest BCUT2D eigenvalue weighted by Crippen LogP contribution is -2.13. The van der Waals surface area contributed by atoms with Gasteiger partial charge in [-0.15, -0.1) is 5.10 Å². The standard InChI is InChI=1S/C19H12F6N6/c20-18(21,22)16-9-17(19(23,24)25)31(28-16)14-7-5-13(6-8-14)30-10-15(27-29-30)11-1-3-12(26)4-2-11/h1-10H,26H2. The van der Waals surface area contributed by atoms with Crippen molar-refractivity contribution in [2.24, 2.45) is 0 Å². The van der Waals surface area contributed by atoms with E-state index in [-0.39, 0.29) is 16.4 Å². The smallest absolute Gasteiger partial charge is 0.399 e. The Labute approximate surface area is 170 Å². The van der Waals surface area contributed by atoms with Crippen LogP contribution in [-0.4, -0.2) is 24.8 Å². The normalized spacial score (nSPS) is 12.3. The van der Waals surface area contributed by atoms with E-state index in [4.69, 9.17) is 5.73 Å². The Morgan fingerprint density at radius 2 is 1.39 bits per heavy atom. The molecule has 0 aliphatic carbocycles. The number of alkyl halides is 6. The van der Waals surface area contributed by atoms with E-state index in [0.717, 1.165) is 5.56 Å². The fourth-order valence-corrected chi connectivity index (χ4v) is 2.84. The van der Waals surface area contributed by atoms with Gasteiger partial charge in [0, 0.05) is 17.3 Å². The zero-order chi connectivity index (χ0) is 22.4. The first-order chi connectivity index (χ1) is 14.5. The quantitative estimate of drug-likeness (QED) is 0.370. The summed E-state index contributed by atoms with van der Waals surface area (Å²) in [4.78, 5) is 0. The van der Waals surface area contributed by atoms with Gasteiger partial charge in [-0.2, -0.15) is 31.4 Å². The Balaban J connectivity index is 1.67. The average Bonchev–Trinajstić information content (AvgIpc) is 3.36. The van der Waals surface area contributed by atoms with Gasteiger partial charge in [-0.05, 0) is 36.4 Å². The molecule has 2 N–H and O–H groups in total. The van der Waals surface area contributed by atoms with E-state index in [9.17, 15) is 26.3 Å². The summed E-state index contributed by atoms with van der Waals surface area (Å²) in [5.74, 6) is 0. The number of nitrogen functional groups attached to an aromatic ring is 1. The van der Waals surface area contributed by atoms with Gasteiger partial charge in [-0.25, -0.2) is 9.36 Å². The van der Waals surface area contributed by atoms with Crippen LogP contribution in [0.4, 0.5) is 32.0 Å². The third-order valence-corrected chi connectivity index (χ3v) is 4.35. The molecule has 0 atom stereocenters. The minimum Gasteiger partial charge on any atom is -0.399 e. The Bertz CT molecular complexity index is 1200. The highest BCUT2D eigenvalue weighted by Crippen LogP contribution is 2.36. The summed E-state index contributed by atoms with van der Waals surface area (Å²) >= 11 is 0. The molecule has 0 aliphatic heterocycles. The van der Waals surface area contributed by atoms with E-state index in [1.165, 1.54) is 28.9 Å². The molecule has 0 unspecified atom stereocenters. The van der Waals surface area contributed by atoms with Crippen molar-refractivity contribution >= 4 is 5.69 Å². The van der Waals surface area contributed by atoms with Gasteiger partial charge in [0.05, 0.1) is 17.6 Å². The van der Waals surface area contributed by atoms with Crippen molar-refractivity contribution in [2.75, 3.05) is 5.73 Å². The van der Waals surface area contributed by atoms with Crippen LogP contribution in [0, 0.1) is 0 Å². The van der Waals surface area contributed by atoms with Crippen molar-refractivity contribution in [3.8, 4) is 22.6 Å². The summed E-state index contributed by atoms with van der Waals surface area (Å²) in [6.07, 6.45) is -8.43. The first kappa shape index (κ1) is 20.4. The molecule has 0 saturated carbocycles. The maximum atomic E-state index is 13.2. The largest absolute Gasteiger partial charge is 0.435 e. The third-order valence-electron chi connectivity index (χ3n) is 4.35. The molecule has 12 heteroatoms. The van der Waals surface area contributed by atoms with Crippen LogP contribution in [0.15, 0.2) is 60.8 Å². The number of nitrogens with two attached hydrogens (primary N) is 1. The second-order valence-corrected chi connectivity index (χ2v) is 6.51. The number of hydrogen-bond donors (Lipinski definition) is 1. The predicted molar refractivity (Wildman–Crippen MR) is 98.3 cm³/mol. The minimum atomic E-state index is -5.02. The molecule has 4 rings (SSSR count). The van der Waals surface area contributed by atoms with E-state index in [0.29, 0.717) is 17.1 Å². The van der Waals surface area contributed by atoms with E-state index >= 15 is 0 Å². The van der Waals surface area contributed by atoms with Crippen molar-refractivity contribution < 1.29 is 26.3 Å². The maximum Gasteiger partial charge on any atom is 0.435 e. The number of hydrogen-bond acceptors (Lipinski definition) is 4. The van der Waals surface area contributed by atoms with Crippen LogP contribution in [0.25, 0.3) is 22.6 Å². The molecular formula is C19H12F6N6. The van der Waals surface area contributed by atoms with Gasteiger partial charge in [0.15, 0.2) is 5.69 Å². The molecule has 0 bridgehead atoms. The number of nitrogens with zero attached hydrogens (tertiary/aromatic N) is 5. The Morgan fingerprint density at radius 3 is 1.97 bits per heavy atom. The molecule has 2 heterocycles.